The van der Waals surface area contributed by atoms with Crippen LogP contribution in [0.3, 0.4) is 0 Å². The largest absolute Gasteiger partial charge is 0.355 e. The van der Waals surface area contributed by atoms with Crippen LogP contribution in [0.2, 0.25) is 0 Å². The average Bonchev–Trinajstić information content (AvgIpc) is 2.97. The number of rotatable bonds is 3. The van der Waals surface area contributed by atoms with Gasteiger partial charge in [-0.05, 0) is 58.4 Å². The zero-order chi connectivity index (χ0) is 16.7. The first kappa shape index (κ1) is 15.0. The first-order valence-electron chi connectivity index (χ1n) is 8.72. The Morgan fingerprint density at radius 1 is 0.750 bits per heavy atom. The van der Waals surface area contributed by atoms with Gasteiger partial charge in [0.2, 0.25) is 0 Å². The lowest BCUT2D eigenvalue weighted by Crippen LogP contribution is -2.00. The number of para-hydroxylation sites is 1. The molecular weight excluding hydrogens is 290 g/mol. The number of hydrogen-bond donors (Lipinski definition) is 1. The highest BCUT2D eigenvalue weighted by atomic mass is 14.9. The van der Waals surface area contributed by atoms with Crippen LogP contribution in [0.5, 0.6) is 0 Å². The Labute approximate surface area is 144 Å². The second-order valence-corrected chi connectivity index (χ2v) is 6.98. The molecule has 1 nitrogen and oxygen atoms in total. The van der Waals surface area contributed by atoms with Gasteiger partial charge in [-0.1, -0.05) is 62.4 Å². The molecule has 0 heterocycles. The van der Waals surface area contributed by atoms with Crippen molar-refractivity contribution in [3.05, 3.63) is 82.9 Å². The number of benzene rings is 3. The molecule has 0 bridgehead atoms. The first-order chi connectivity index (χ1) is 11.6. The quantitative estimate of drug-likeness (QED) is 0.459. The Kier molecular flexibility index (Phi) is 3.65. The summed E-state index contributed by atoms with van der Waals surface area (Å²) in [5.74, 6) is 0.505. The maximum atomic E-state index is 3.71. The van der Waals surface area contributed by atoms with Crippen LogP contribution in [0.25, 0.3) is 11.1 Å². The molecular formula is C23H23N. The van der Waals surface area contributed by atoms with Gasteiger partial charge in [-0.15, -0.1) is 0 Å². The molecule has 3 aromatic carbocycles. The van der Waals surface area contributed by atoms with Gasteiger partial charge in [-0.2, -0.15) is 0 Å². The average molecular weight is 313 g/mol. The number of anilines is 2. The van der Waals surface area contributed by atoms with Gasteiger partial charge in [0.1, 0.15) is 0 Å². The zero-order valence-electron chi connectivity index (χ0n) is 14.6. The van der Waals surface area contributed by atoms with E-state index in [1.54, 1.807) is 0 Å². The molecule has 0 spiro atoms. The van der Waals surface area contributed by atoms with E-state index in [-0.39, 0.29) is 0 Å². The molecule has 1 heteroatoms. The third kappa shape index (κ3) is 2.41. The van der Waals surface area contributed by atoms with Crippen LogP contribution in [0.15, 0.2) is 60.7 Å². The number of hydrogen-bond acceptors (Lipinski definition) is 1. The van der Waals surface area contributed by atoms with Crippen molar-refractivity contribution in [2.45, 2.75) is 33.1 Å². The fraction of sp³-hybridized carbons (Fsp3) is 0.217. The van der Waals surface area contributed by atoms with Crippen molar-refractivity contribution >= 4 is 11.4 Å². The topological polar surface area (TPSA) is 12.0 Å². The molecule has 0 radical (unpaired) electrons. The van der Waals surface area contributed by atoms with E-state index in [9.17, 15) is 0 Å². The van der Waals surface area contributed by atoms with E-state index >= 15 is 0 Å². The molecule has 4 rings (SSSR count). The van der Waals surface area contributed by atoms with Gasteiger partial charge in [-0.3, -0.25) is 0 Å². The van der Waals surface area contributed by atoms with E-state index in [1.165, 1.54) is 44.8 Å². The van der Waals surface area contributed by atoms with E-state index in [0.717, 1.165) is 6.42 Å². The maximum absolute atomic E-state index is 3.71. The minimum atomic E-state index is 0.505. The van der Waals surface area contributed by atoms with Crippen LogP contribution in [-0.4, -0.2) is 0 Å². The summed E-state index contributed by atoms with van der Waals surface area (Å²) in [5, 5.41) is 3.71. The molecule has 0 saturated heterocycles. The summed E-state index contributed by atoms with van der Waals surface area (Å²) in [6.45, 7) is 6.70. The normalized spacial score (nSPS) is 12.2. The second kappa shape index (κ2) is 5.83. The van der Waals surface area contributed by atoms with Crippen molar-refractivity contribution in [1.29, 1.82) is 0 Å². The molecule has 0 atom stereocenters. The monoisotopic (exact) mass is 313 g/mol. The SMILES string of the molecule is Cc1cccc2c1Cc1c(Nc3ccccc3C(C)C)cccc1-2. The number of nitrogens with one attached hydrogen (secondary N) is 1. The highest BCUT2D eigenvalue weighted by molar-refractivity contribution is 5.84. The predicted octanol–water partition coefficient (Wildman–Crippen LogP) is 6.43. The molecule has 0 amide bonds. The van der Waals surface area contributed by atoms with Crippen LogP contribution >= 0.6 is 0 Å². The fourth-order valence-corrected chi connectivity index (χ4v) is 3.77. The van der Waals surface area contributed by atoms with E-state index in [0.29, 0.717) is 5.92 Å². The van der Waals surface area contributed by atoms with Gasteiger partial charge in [-0.25, -0.2) is 0 Å². The lowest BCUT2D eigenvalue weighted by Gasteiger charge is -2.17. The van der Waals surface area contributed by atoms with Gasteiger partial charge >= 0.3 is 0 Å². The van der Waals surface area contributed by atoms with Crippen LogP contribution < -0.4 is 5.32 Å². The molecule has 3 aromatic rings. The summed E-state index contributed by atoms with van der Waals surface area (Å²) in [6, 6.07) is 21.9. The van der Waals surface area contributed by atoms with E-state index in [4.69, 9.17) is 0 Å². The minimum absolute atomic E-state index is 0.505. The third-order valence-electron chi connectivity index (χ3n) is 5.08. The van der Waals surface area contributed by atoms with Crippen LogP contribution in [-0.2, 0) is 6.42 Å². The molecule has 24 heavy (non-hydrogen) atoms. The van der Waals surface area contributed by atoms with Crippen molar-refractivity contribution in [1.82, 2.24) is 0 Å². The summed E-state index contributed by atoms with van der Waals surface area (Å²) >= 11 is 0. The van der Waals surface area contributed by atoms with E-state index in [2.05, 4.69) is 86.8 Å². The highest BCUT2D eigenvalue weighted by Gasteiger charge is 2.22. The van der Waals surface area contributed by atoms with E-state index < -0.39 is 0 Å². The zero-order valence-corrected chi connectivity index (χ0v) is 14.6. The van der Waals surface area contributed by atoms with Gasteiger partial charge < -0.3 is 5.32 Å². The van der Waals surface area contributed by atoms with Gasteiger partial charge in [0.05, 0.1) is 0 Å². The van der Waals surface area contributed by atoms with E-state index in [1.807, 2.05) is 0 Å². The second-order valence-electron chi connectivity index (χ2n) is 6.98. The van der Waals surface area contributed by atoms with Gasteiger partial charge in [0.15, 0.2) is 0 Å². The highest BCUT2D eigenvalue weighted by Crippen LogP contribution is 2.42. The van der Waals surface area contributed by atoms with Crippen molar-refractivity contribution in [3.63, 3.8) is 0 Å². The molecule has 0 aromatic heterocycles. The molecule has 1 aliphatic carbocycles. The fourth-order valence-electron chi connectivity index (χ4n) is 3.77. The standard InChI is InChI=1S/C23H23N/c1-15(2)17-9-4-5-12-22(17)24-23-13-7-11-19-18-10-6-8-16(3)20(18)14-21(19)23/h4-13,15,24H,14H2,1-3H3. The Bertz CT molecular complexity index is 906. The minimum Gasteiger partial charge on any atom is -0.355 e. The van der Waals surface area contributed by atoms with Crippen LogP contribution in [0.4, 0.5) is 11.4 Å². The summed E-state index contributed by atoms with van der Waals surface area (Å²) in [6.07, 6.45) is 1.02. The lowest BCUT2D eigenvalue weighted by atomic mass is 10.00. The summed E-state index contributed by atoms with van der Waals surface area (Å²) in [5.41, 5.74) is 10.9. The van der Waals surface area contributed by atoms with Gasteiger partial charge in [0.25, 0.3) is 0 Å². The smallest absolute Gasteiger partial charge is 0.0426 e. The lowest BCUT2D eigenvalue weighted by molar-refractivity contribution is 0.869. The van der Waals surface area contributed by atoms with Crippen LogP contribution in [0.1, 0.15) is 42.0 Å². The summed E-state index contributed by atoms with van der Waals surface area (Å²) < 4.78 is 0. The summed E-state index contributed by atoms with van der Waals surface area (Å²) in [4.78, 5) is 0. The summed E-state index contributed by atoms with van der Waals surface area (Å²) in [7, 11) is 0. The molecule has 0 unspecified atom stereocenters. The molecule has 0 saturated carbocycles. The van der Waals surface area contributed by atoms with Crippen molar-refractivity contribution in [2.24, 2.45) is 0 Å². The third-order valence-corrected chi connectivity index (χ3v) is 5.08. The van der Waals surface area contributed by atoms with Gasteiger partial charge in [0, 0.05) is 17.8 Å². The molecule has 0 aliphatic heterocycles. The van der Waals surface area contributed by atoms with Crippen molar-refractivity contribution in [2.75, 3.05) is 5.32 Å². The van der Waals surface area contributed by atoms with Crippen LogP contribution in [0, 0.1) is 6.92 Å². The molecule has 0 fully saturated rings. The molecule has 120 valence electrons. The maximum Gasteiger partial charge on any atom is 0.0426 e. The number of aryl methyl sites for hydroxylation is 1. The Hall–Kier alpha value is -2.54. The van der Waals surface area contributed by atoms with Crippen molar-refractivity contribution < 1.29 is 0 Å². The number of fused-ring (bicyclic) bond motifs is 3. The first-order valence-corrected chi connectivity index (χ1v) is 8.72. The Morgan fingerprint density at radius 3 is 2.21 bits per heavy atom. The Balaban J connectivity index is 1.78. The molecule has 1 aliphatic rings. The Morgan fingerprint density at radius 2 is 1.42 bits per heavy atom. The predicted molar refractivity (Wildman–Crippen MR) is 103 cm³/mol. The molecule has 1 N–H and O–H groups in total. The van der Waals surface area contributed by atoms with Crippen molar-refractivity contribution in [3.8, 4) is 11.1 Å².